The highest BCUT2D eigenvalue weighted by atomic mass is 31.3. The Morgan fingerprint density at radius 2 is 1.94 bits per heavy atom. The first-order valence-electron chi connectivity index (χ1n) is 9.21. The van der Waals surface area contributed by atoms with Crippen molar-refractivity contribution in [3.05, 3.63) is 11.9 Å². The van der Waals surface area contributed by atoms with Crippen LogP contribution in [0.15, 0.2) is 6.33 Å². The normalized spacial score (nSPS) is 31.8. The van der Waals surface area contributed by atoms with Crippen molar-refractivity contribution >= 4 is 35.1 Å². The van der Waals surface area contributed by atoms with Crippen LogP contribution in [-0.2, 0) is 38.0 Å². The van der Waals surface area contributed by atoms with E-state index in [1.54, 1.807) is 0 Å². The minimum absolute atomic E-state index is 0.0323. The zero-order chi connectivity index (χ0) is 26.4. The van der Waals surface area contributed by atoms with Crippen molar-refractivity contribution < 1.29 is 65.8 Å². The standard InChI is InChI=1S/C14H20FN4O13P3/c1-2-4-13(21)11(20)14(15,6-29-34(25,26)32-35(27,28)31-33(22,23)24)30-12(13)19-5-3-8-9(16)17-7-18-10(8)19/h7,11-12,20-21H,3,5-6H2,1H3,(H,25,26)(H,27,28)(H2,16,17,18)(H2,22,23,24)/p-4/t11-,12+,13+,14+/m0/s1. The van der Waals surface area contributed by atoms with Crippen LogP contribution in [0, 0.1) is 11.8 Å². The molecule has 196 valence electrons. The van der Waals surface area contributed by atoms with E-state index in [-0.39, 0.29) is 24.6 Å². The molecule has 1 saturated heterocycles. The van der Waals surface area contributed by atoms with Crippen molar-refractivity contribution in [2.45, 2.75) is 37.1 Å². The Bertz CT molecular complexity index is 1210. The molecular weight excluding hydrogens is 544 g/mol. The molecule has 4 N–H and O–H groups in total. The largest absolute Gasteiger partial charge is 0.790 e. The molecule has 0 bridgehead atoms. The van der Waals surface area contributed by atoms with Gasteiger partial charge in [-0.05, 0) is 13.3 Å². The van der Waals surface area contributed by atoms with Gasteiger partial charge in [0.05, 0.1) is 7.82 Å². The molecule has 1 aromatic heterocycles. The van der Waals surface area contributed by atoms with E-state index in [2.05, 4.69) is 35.0 Å². The maximum Gasteiger partial charge on any atom is 0.278 e. The number of anilines is 2. The van der Waals surface area contributed by atoms with Crippen molar-refractivity contribution in [3.8, 4) is 11.8 Å². The Labute approximate surface area is 196 Å². The van der Waals surface area contributed by atoms with E-state index in [9.17, 15) is 43.5 Å². The molecule has 35 heavy (non-hydrogen) atoms. The Hall–Kier alpha value is -1.54. The second kappa shape index (κ2) is 9.40. The van der Waals surface area contributed by atoms with Crippen LogP contribution in [0.4, 0.5) is 16.0 Å². The minimum Gasteiger partial charge on any atom is -0.790 e. The summed E-state index contributed by atoms with van der Waals surface area (Å²) < 4.78 is 64.5. The molecule has 0 aromatic carbocycles. The van der Waals surface area contributed by atoms with Gasteiger partial charge in [-0.25, -0.2) is 18.7 Å². The molecule has 17 nitrogen and oxygen atoms in total. The molecule has 2 unspecified atom stereocenters. The van der Waals surface area contributed by atoms with Crippen LogP contribution in [-0.4, -0.2) is 57.1 Å². The molecule has 0 aliphatic carbocycles. The van der Waals surface area contributed by atoms with Crippen LogP contribution in [0.5, 0.6) is 0 Å². The Morgan fingerprint density at radius 1 is 1.29 bits per heavy atom. The first-order chi connectivity index (χ1) is 15.9. The lowest BCUT2D eigenvalue weighted by molar-refractivity contribution is -0.339. The quantitative estimate of drug-likeness (QED) is 0.204. The fraction of sp³-hybridized carbons (Fsp3) is 0.571. The number of aliphatic hydroxyl groups is 2. The van der Waals surface area contributed by atoms with E-state index in [0.29, 0.717) is 5.56 Å². The average molecular weight is 560 g/mol. The van der Waals surface area contributed by atoms with Crippen LogP contribution in [0.25, 0.3) is 0 Å². The van der Waals surface area contributed by atoms with Gasteiger partial charge in [0.2, 0.25) is 5.60 Å². The Kier molecular flexibility index (Phi) is 7.53. The molecule has 0 spiro atoms. The molecule has 0 amide bonds. The highest BCUT2D eigenvalue weighted by Crippen LogP contribution is 2.61. The van der Waals surface area contributed by atoms with Crippen LogP contribution >= 0.6 is 23.5 Å². The summed E-state index contributed by atoms with van der Waals surface area (Å²) in [6.45, 7) is -0.534. The van der Waals surface area contributed by atoms with E-state index in [1.807, 2.05) is 0 Å². The van der Waals surface area contributed by atoms with Gasteiger partial charge in [0.15, 0.2) is 12.3 Å². The topological polar surface area (TPSA) is 276 Å². The molecule has 2 aliphatic rings. The lowest BCUT2D eigenvalue weighted by atomic mass is 9.93. The number of phosphoric ester groups is 1. The van der Waals surface area contributed by atoms with Gasteiger partial charge in [0.1, 0.15) is 24.6 Å². The van der Waals surface area contributed by atoms with Crippen LogP contribution in [0.2, 0.25) is 0 Å². The number of fused-ring (bicyclic) bond motifs is 1. The fourth-order valence-electron chi connectivity index (χ4n) is 3.47. The number of aliphatic hydroxyl groups excluding tert-OH is 1. The number of rotatable bonds is 8. The summed E-state index contributed by atoms with van der Waals surface area (Å²) in [4.78, 5) is 52.8. The maximum atomic E-state index is 15.6. The molecule has 3 rings (SSSR count). The fourth-order valence-corrected chi connectivity index (χ4v) is 6.34. The lowest BCUT2D eigenvalue weighted by Crippen LogP contribution is -2.55. The summed E-state index contributed by atoms with van der Waals surface area (Å²) in [7, 11) is -18.7. The van der Waals surface area contributed by atoms with E-state index in [0.717, 1.165) is 6.33 Å². The second-order valence-corrected chi connectivity index (χ2v) is 11.4. The van der Waals surface area contributed by atoms with E-state index in [1.165, 1.54) is 11.8 Å². The maximum absolute atomic E-state index is 15.6. The third-order valence-electron chi connectivity index (χ3n) is 4.77. The number of aromatic nitrogens is 2. The number of phosphoric acid groups is 3. The van der Waals surface area contributed by atoms with Crippen LogP contribution in [0.1, 0.15) is 12.5 Å². The van der Waals surface area contributed by atoms with Crippen molar-refractivity contribution in [2.24, 2.45) is 0 Å². The SMILES string of the molecule is CC#C[C@]1(O)[C@H](N2CCc3c(N)ncnc32)O[C@](F)(COP(=O)([O-])OP(=O)([O-])OP(=O)([O-])[O-])[C@H]1O. The van der Waals surface area contributed by atoms with Crippen molar-refractivity contribution in [1.29, 1.82) is 0 Å². The first kappa shape index (κ1) is 28.0. The zero-order valence-corrected chi connectivity index (χ0v) is 20.1. The number of hydrogen-bond acceptors (Lipinski definition) is 17. The summed E-state index contributed by atoms with van der Waals surface area (Å²) in [5, 5.41) is 21.5. The van der Waals surface area contributed by atoms with Gasteiger partial charge >= 0.3 is 0 Å². The Balaban J connectivity index is 1.84. The number of nitrogen functional groups attached to an aromatic ring is 1. The number of nitrogens with zero attached hydrogens (tertiary/aromatic N) is 3. The average Bonchev–Trinajstić information content (AvgIpc) is 3.19. The molecule has 0 saturated carbocycles. The monoisotopic (exact) mass is 560 g/mol. The summed E-state index contributed by atoms with van der Waals surface area (Å²) in [5.74, 6) is 1.11. The molecular formula is C14H16FN4O13P3-4. The predicted octanol–water partition coefficient (Wildman–Crippen LogP) is -3.63. The van der Waals surface area contributed by atoms with Gasteiger partial charge < -0.3 is 54.2 Å². The van der Waals surface area contributed by atoms with Gasteiger partial charge in [-0.15, -0.1) is 5.92 Å². The smallest absolute Gasteiger partial charge is 0.278 e. The molecule has 0 radical (unpaired) electrons. The molecule has 1 fully saturated rings. The number of nitrogens with two attached hydrogens (primary N) is 1. The summed E-state index contributed by atoms with van der Waals surface area (Å²) in [6, 6.07) is 0. The molecule has 2 aliphatic heterocycles. The molecule has 3 heterocycles. The summed E-state index contributed by atoms with van der Waals surface area (Å²) >= 11 is 0. The van der Waals surface area contributed by atoms with Crippen LogP contribution < -0.4 is 30.2 Å². The molecule has 6 atom stereocenters. The van der Waals surface area contributed by atoms with E-state index in [4.69, 9.17) is 10.5 Å². The zero-order valence-electron chi connectivity index (χ0n) is 17.4. The summed E-state index contributed by atoms with van der Waals surface area (Å²) in [6.07, 6.45) is -3.10. The third kappa shape index (κ3) is 5.90. The molecule has 1 aromatic rings. The number of alkyl halides is 1. The van der Waals surface area contributed by atoms with Gasteiger partial charge in [-0.2, -0.15) is 0 Å². The number of hydrogen-bond donors (Lipinski definition) is 3. The van der Waals surface area contributed by atoms with E-state index >= 15 is 4.39 Å². The third-order valence-corrected chi connectivity index (χ3v) is 8.41. The highest BCUT2D eigenvalue weighted by molar-refractivity contribution is 7.64. The lowest BCUT2D eigenvalue weighted by Gasteiger charge is -2.38. The first-order valence-corrected chi connectivity index (χ1v) is 13.6. The van der Waals surface area contributed by atoms with Crippen molar-refractivity contribution in [1.82, 2.24) is 9.97 Å². The second-order valence-electron chi connectivity index (χ2n) is 7.14. The number of ether oxygens (including phenoxy) is 1. The van der Waals surface area contributed by atoms with Crippen LogP contribution in [0.3, 0.4) is 0 Å². The molecule has 21 heteroatoms. The number of halogens is 1. The Morgan fingerprint density at radius 3 is 2.54 bits per heavy atom. The van der Waals surface area contributed by atoms with Crippen molar-refractivity contribution in [2.75, 3.05) is 23.8 Å². The predicted molar refractivity (Wildman–Crippen MR) is 102 cm³/mol. The van der Waals surface area contributed by atoms with Gasteiger partial charge in [-0.1, -0.05) is 5.92 Å². The summed E-state index contributed by atoms with van der Waals surface area (Å²) in [5.41, 5.74) is 3.50. The van der Waals surface area contributed by atoms with E-state index < -0.39 is 53.9 Å². The van der Waals surface area contributed by atoms with Gasteiger partial charge in [0.25, 0.3) is 21.5 Å². The van der Waals surface area contributed by atoms with Gasteiger partial charge in [-0.3, -0.25) is 13.4 Å². The van der Waals surface area contributed by atoms with Gasteiger partial charge in [0, 0.05) is 12.1 Å². The minimum atomic E-state index is -6.31. The highest BCUT2D eigenvalue weighted by Gasteiger charge is 2.66. The van der Waals surface area contributed by atoms with Crippen molar-refractivity contribution in [3.63, 3.8) is 0 Å².